The first-order valence-corrected chi connectivity index (χ1v) is 13.8. The van der Waals surface area contributed by atoms with Gasteiger partial charge in [0.25, 0.3) is 0 Å². The zero-order valence-corrected chi connectivity index (χ0v) is 22.8. The summed E-state index contributed by atoms with van der Waals surface area (Å²) >= 11 is 0. The highest BCUT2D eigenvalue weighted by molar-refractivity contribution is 5.89. The van der Waals surface area contributed by atoms with E-state index in [4.69, 9.17) is 9.97 Å². The number of nitrogens with zero attached hydrogens (tertiary/aromatic N) is 5. The van der Waals surface area contributed by atoms with E-state index in [0.717, 1.165) is 43.6 Å². The number of hydrogen-bond acceptors (Lipinski definition) is 6. The van der Waals surface area contributed by atoms with Crippen molar-refractivity contribution in [1.29, 1.82) is 0 Å². The van der Waals surface area contributed by atoms with E-state index in [9.17, 15) is 4.79 Å². The molecule has 0 atom stereocenters. The molecule has 1 aliphatic carbocycles. The highest BCUT2D eigenvalue weighted by Crippen LogP contribution is 2.33. The van der Waals surface area contributed by atoms with Gasteiger partial charge in [0.2, 0.25) is 17.8 Å². The Kier molecular flexibility index (Phi) is 6.77. The van der Waals surface area contributed by atoms with Gasteiger partial charge in [-0.15, -0.1) is 0 Å². The number of carbonyl (C=O) groups is 1. The fourth-order valence-electron chi connectivity index (χ4n) is 5.67. The summed E-state index contributed by atoms with van der Waals surface area (Å²) in [4.78, 5) is 23.7. The fourth-order valence-corrected chi connectivity index (χ4v) is 5.67. The molecular formula is C31H35N7O. The number of benzene rings is 2. The number of rotatable bonds is 7. The standard InChI is InChI=1S/C31H35N7O/c1-20(2)28-19-33-38-29(28)35-31(37-14-12-26(13-15-37)34-21(3)39)36-30(38)32-18-24-10-6-7-11-27(24)25-16-22-8-4-5-9-23(22)17-25/h4-11,16,19-20,26H,12-15,17-18H2,1-3H3,(H,34,39)(H,32,35,36). The number of aromatic nitrogens is 4. The number of carbonyl (C=O) groups excluding carboxylic acids is 1. The molecular weight excluding hydrogens is 486 g/mol. The second-order valence-electron chi connectivity index (χ2n) is 10.9. The lowest BCUT2D eigenvalue weighted by atomic mass is 9.98. The molecule has 2 aromatic carbocycles. The number of nitrogens with one attached hydrogen (secondary N) is 2. The zero-order valence-electron chi connectivity index (χ0n) is 22.8. The van der Waals surface area contributed by atoms with E-state index in [1.165, 1.54) is 27.8 Å². The molecule has 4 aromatic rings. The number of piperidine rings is 1. The van der Waals surface area contributed by atoms with E-state index in [1.807, 2.05) is 10.7 Å². The third-order valence-electron chi connectivity index (χ3n) is 7.76. The normalized spacial score (nSPS) is 15.5. The Morgan fingerprint density at radius 1 is 1.05 bits per heavy atom. The number of amides is 1. The summed E-state index contributed by atoms with van der Waals surface area (Å²) in [6.45, 7) is 8.11. The smallest absolute Gasteiger partial charge is 0.230 e. The van der Waals surface area contributed by atoms with Crippen LogP contribution in [0.15, 0.2) is 54.7 Å². The Bertz CT molecular complexity index is 1550. The van der Waals surface area contributed by atoms with Crippen LogP contribution in [0.2, 0.25) is 0 Å². The SMILES string of the molecule is CC(=O)NC1CCN(c2nc(NCc3ccccc3C3=Cc4ccccc4C3)n3ncc(C(C)C)c3n2)CC1. The van der Waals surface area contributed by atoms with Crippen LogP contribution in [0.4, 0.5) is 11.9 Å². The number of anilines is 2. The summed E-state index contributed by atoms with van der Waals surface area (Å²) in [5.74, 6) is 1.71. The molecule has 0 spiro atoms. The van der Waals surface area contributed by atoms with Crippen molar-refractivity contribution in [3.05, 3.63) is 82.5 Å². The van der Waals surface area contributed by atoms with Gasteiger partial charge < -0.3 is 15.5 Å². The maximum atomic E-state index is 11.5. The molecule has 1 saturated heterocycles. The Balaban J connectivity index is 1.28. The van der Waals surface area contributed by atoms with Crippen LogP contribution in [0.5, 0.6) is 0 Å². The van der Waals surface area contributed by atoms with Crippen LogP contribution in [0.1, 0.15) is 67.3 Å². The number of hydrogen-bond donors (Lipinski definition) is 2. The van der Waals surface area contributed by atoms with E-state index in [1.54, 1.807) is 6.92 Å². The highest BCUT2D eigenvalue weighted by Gasteiger charge is 2.24. The summed E-state index contributed by atoms with van der Waals surface area (Å²) in [5, 5.41) is 11.3. The second kappa shape index (κ2) is 10.5. The van der Waals surface area contributed by atoms with Gasteiger partial charge in [-0.3, -0.25) is 4.79 Å². The lowest BCUT2D eigenvalue weighted by molar-refractivity contribution is -0.119. The van der Waals surface area contributed by atoms with Crippen molar-refractivity contribution >= 4 is 35.1 Å². The van der Waals surface area contributed by atoms with E-state index in [-0.39, 0.29) is 11.9 Å². The third-order valence-corrected chi connectivity index (χ3v) is 7.76. The molecule has 1 fully saturated rings. The average molecular weight is 522 g/mol. The van der Waals surface area contributed by atoms with Crippen LogP contribution < -0.4 is 15.5 Å². The van der Waals surface area contributed by atoms with Gasteiger partial charge in [-0.25, -0.2) is 0 Å². The molecule has 2 N–H and O–H groups in total. The zero-order chi connectivity index (χ0) is 26.9. The molecule has 8 nitrogen and oxygen atoms in total. The molecule has 1 amide bonds. The molecule has 0 unspecified atom stereocenters. The van der Waals surface area contributed by atoms with E-state index >= 15 is 0 Å². The summed E-state index contributed by atoms with van der Waals surface area (Å²) in [6, 6.07) is 17.4. The molecule has 0 saturated carbocycles. The molecule has 6 rings (SSSR count). The minimum absolute atomic E-state index is 0.0240. The molecule has 200 valence electrons. The number of fused-ring (bicyclic) bond motifs is 2. The van der Waals surface area contributed by atoms with Crippen molar-refractivity contribution in [3.63, 3.8) is 0 Å². The highest BCUT2D eigenvalue weighted by atomic mass is 16.1. The van der Waals surface area contributed by atoms with Gasteiger partial charge in [-0.05, 0) is 53.0 Å². The average Bonchev–Trinajstić information content (AvgIpc) is 3.57. The van der Waals surface area contributed by atoms with Gasteiger partial charge in [0.05, 0.1) is 6.20 Å². The van der Waals surface area contributed by atoms with Crippen molar-refractivity contribution in [2.45, 2.75) is 58.5 Å². The van der Waals surface area contributed by atoms with E-state index in [0.29, 0.717) is 24.4 Å². The van der Waals surface area contributed by atoms with Gasteiger partial charge in [0.15, 0.2) is 5.65 Å². The van der Waals surface area contributed by atoms with Crippen LogP contribution in [-0.2, 0) is 17.8 Å². The molecule has 3 heterocycles. The lowest BCUT2D eigenvalue weighted by Crippen LogP contribution is -2.44. The van der Waals surface area contributed by atoms with Crippen LogP contribution in [0, 0.1) is 0 Å². The van der Waals surface area contributed by atoms with E-state index < -0.39 is 0 Å². The van der Waals surface area contributed by atoms with Crippen LogP contribution >= 0.6 is 0 Å². The Morgan fingerprint density at radius 2 is 1.82 bits per heavy atom. The molecule has 8 heteroatoms. The monoisotopic (exact) mass is 521 g/mol. The van der Waals surface area contributed by atoms with Gasteiger partial charge in [0, 0.05) is 38.2 Å². The predicted molar refractivity (Wildman–Crippen MR) is 156 cm³/mol. The molecule has 0 radical (unpaired) electrons. The summed E-state index contributed by atoms with van der Waals surface area (Å²) in [5.41, 5.74) is 8.43. The van der Waals surface area contributed by atoms with Crippen LogP contribution in [0.3, 0.4) is 0 Å². The first-order valence-electron chi connectivity index (χ1n) is 13.8. The molecule has 39 heavy (non-hydrogen) atoms. The maximum Gasteiger partial charge on any atom is 0.230 e. The molecule has 2 aromatic heterocycles. The van der Waals surface area contributed by atoms with E-state index in [2.05, 4.69) is 89.1 Å². The Labute approximate surface area is 229 Å². The van der Waals surface area contributed by atoms with Gasteiger partial charge in [-0.1, -0.05) is 68.5 Å². The molecule has 1 aliphatic heterocycles. The molecule has 2 aliphatic rings. The lowest BCUT2D eigenvalue weighted by Gasteiger charge is -2.32. The van der Waals surface area contributed by atoms with Crippen molar-refractivity contribution in [1.82, 2.24) is 24.9 Å². The predicted octanol–water partition coefficient (Wildman–Crippen LogP) is 5.06. The fraction of sp³-hybridized carbons (Fsp3) is 0.355. The van der Waals surface area contributed by atoms with Crippen molar-refractivity contribution < 1.29 is 4.79 Å². The third kappa shape index (κ3) is 5.11. The van der Waals surface area contributed by atoms with Gasteiger partial charge in [-0.2, -0.15) is 19.6 Å². The molecule has 0 bridgehead atoms. The quantitative estimate of drug-likeness (QED) is 0.353. The Morgan fingerprint density at radius 3 is 2.59 bits per heavy atom. The van der Waals surface area contributed by atoms with Crippen molar-refractivity contribution in [2.24, 2.45) is 0 Å². The summed E-state index contributed by atoms with van der Waals surface area (Å²) < 4.78 is 1.83. The minimum atomic E-state index is 0.0240. The minimum Gasteiger partial charge on any atom is -0.353 e. The van der Waals surface area contributed by atoms with Gasteiger partial charge >= 0.3 is 0 Å². The summed E-state index contributed by atoms with van der Waals surface area (Å²) in [6.07, 6.45) is 6.90. The van der Waals surface area contributed by atoms with Crippen molar-refractivity contribution in [2.75, 3.05) is 23.3 Å². The number of allylic oxidation sites excluding steroid dienone is 1. The second-order valence-corrected chi connectivity index (χ2v) is 10.9. The van der Waals surface area contributed by atoms with Crippen molar-refractivity contribution in [3.8, 4) is 0 Å². The largest absolute Gasteiger partial charge is 0.353 e. The first kappa shape index (κ1) is 25.1. The van der Waals surface area contributed by atoms with Crippen LogP contribution in [0.25, 0.3) is 17.3 Å². The van der Waals surface area contributed by atoms with Gasteiger partial charge in [0.1, 0.15) is 0 Å². The topological polar surface area (TPSA) is 87.5 Å². The summed E-state index contributed by atoms with van der Waals surface area (Å²) in [7, 11) is 0. The van der Waals surface area contributed by atoms with Crippen LogP contribution in [-0.4, -0.2) is 44.6 Å². The first-order chi connectivity index (χ1) is 19.0. The Hall–Kier alpha value is -4.20. The maximum absolute atomic E-state index is 11.5.